The van der Waals surface area contributed by atoms with Crippen LogP contribution in [0.25, 0.3) is 21.8 Å². The Kier molecular flexibility index (Phi) is 2.87. The van der Waals surface area contributed by atoms with Crippen molar-refractivity contribution < 1.29 is 0 Å². The molecule has 0 amide bonds. The van der Waals surface area contributed by atoms with E-state index in [9.17, 15) is 4.79 Å². The summed E-state index contributed by atoms with van der Waals surface area (Å²) in [6.45, 7) is 6.93. The highest BCUT2D eigenvalue weighted by Crippen LogP contribution is 2.25. The van der Waals surface area contributed by atoms with Crippen LogP contribution in [-0.2, 0) is 6.54 Å². The van der Waals surface area contributed by atoms with Gasteiger partial charge in [-0.15, -0.1) is 0 Å². The molecule has 0 radical (unpaired) electrons. The number of H-pyrrole nitrogens is 1. The fraction of sp³-hybridized carbons (Fsp3) is 0.333. The number of nitrogens with one attached hydrogen (secondary N) is 1. The largest absolute Gasteiger partial charge is 0.329 e. The van der Waals surface area contributed by atoms with E-state index in [1.807, 2.05) is 19.9 Å². The van der Waals surface area contributed by atoms with Gasteiger partial charge >= 0.3 is 0 Å². The molecule has 0 fully saturated rings. The minimum Gasteiger partial charge on any atom is -0.329 e. The second-order valence-electron chi connectivity index (χ2n) is 5.27. The summed E-state index contributed by atoms with van der Waals surface area (Å²) < 4.78 is 1.76. The fourth-order valence-corrected chi connectivity index (χ4v) is 2.70. The van der Waals surface area contributed by atoms with E-state index >= 15 is 0 Å². The number of aromatic amines is 1. The van der Waals surface area contributed by atoms with Crippen molar-refractivity contribution in [1.82, 2.24) is 14.8 Å². The standard InChI is InChI=1S/C15H18N4O/c1-8-6-11-12(7-9(8)2)19(5-4-16)15(20)13-10(3)17-18-14(11)13/h6-7H,4-5,16H2,1-3H3,(H,17,18). The van der Waals surface area contributed by atoms with Crippen LogP contribution in [0.1, 0.15) is 16.8 Å². The minimum absolute atomic E-state index is 0.0209. The zero-order chi connectivity index (χ0) is 14.4. The molecule has 104 valence electrons. The number of pyridine rings is 1. The first-order valence-corrected chi connectivity index (χ1v) is 6.73. The molecule has 0 unspecified atom stereocenters. The average Bonchev–Trinajstić information content (AvgIpc) is 2.79. The second kappa shape index (κ2) is 4.45. The van der Waals surface area contributed by atoms with E-state index in [1.165, 1.54) is 5.56 Å². The van der Waals surface area contributed by atoms with E-state index in [-0.39, 0.29) is 5.56 Å². The van der Waals surface area contributed by atoms with Gasteiger partial charge in [-0.2, -0.15) is 5.10 Å². The Morgan fingerprint density at radius 2 is 1.95 bits per heavy atom. The molecule has 20 heavy (non-hydrogen) atoms. The number of fused-ring (bicyclic) bond motifs is 3. The van der Waals surface area contributed by atoms with Crippen LogP contribution in [0.3, 0.4) is 0 Å². The Morgan fingerprint density at radius 1 is 1.25 bits per heavy atom. The van der Waals surface area contributed by atoms with Crippen molar-refractivity contribution in [2.24, 2.45) is 5.73 Å². The van der Waals surface area contributed by atoms with Gasteiger partial charge in [-0.05, 0) is 44.0 Å². The van der Waals surface area contributed by atoms with Crippen molar-refractivity contribution in [2.45, 2.75) is 27.3 Å². The fourth-order valence-electron chi connectivity index (χ4n) is 2.70. The van der Waals surface area contributed by atoms with Crippen molar-refractivity contribution in [1.29, 1.82) is 0 Å². The van der Waals surface area contributed by atoms with Gasteiger partial charge in [-0.25, -0.2) is 0 Å². The summed E-state index contributed by atoms with van der Waals surface area (Å²) in [6.07, 6.45) is 0. The van der Waals surface area contributed by atoms with Gasteiger partial charge in [-0.3, -0.25) is 9.89 Å². The Bertz CT molecular complexity index is 873. The van der Waals surface area contributed by atoms with Gasteiger partial charge in [0.25, 0.3) is 5.56 Å². The maximum atomic E-state index is 12.7. The average molecular weight is 270 g/mol. The summed E-state index contributed by atoms with van der Waals surface area (Å²) in [5, 5.41) is 8.89. The molecule has 0 aliphatic heterocycles. The first kappa shape index (κ1) is 12.9. The van der Waals surface area contributed by atoms with Gasteiger partial charge in [0, 0.05) is 24.2 Å². The van der Waals surface area contributed by atoms with Crippen LogP contribution in [0.5, 0.6) is 0 Å². The number of rotatable bonds is 2. The third-order valence-corrected chi connectivity index (χ3v) is 3.92. The molecule has 0 aliphatic carbocycles. The molecule has 3 aromatic rings. The van der Waals surface area contributed by atoms with Crippen molar-refractivity contribution in [2.75, 3.05) is 6.54 Å². The number of nitrogens with two attached hydrogens (primary N) is 1. The highest BCUT2D eigenvalue weighted by molar-refractivity contribution is 6.04. The third kappa shape index (κ3) is 1.67. The molecule has 5 nitrogen and oxygen atoms in total. The van der Waals surface area contributed by atoms with Gasteiger partial charge in [-0.1, -0.05) is 0 Å². The topological polar surface area (TPSA) is 76.7 Å². The summed E-state index contributed by atoms with van der Waals surface area (Å²) in [6, 6.07) is 4.14. The first-order valence-electron chi connectivity index (χ1n) is 6.73. The summed E-state index contributed by atoms with van der Waals surface area (Å²) in [7, 11) is 0. The Balaban J connectivity index is 2.60. The zero-order valence-electron chi connectivity index (χ0n) is 11.9. The molecule has 2 heterocycles. The second-order valence-corrected chi connectivity index (χ2v) is 5.27. The molecule has 0 bridgehead atoms. The number of nitrogens with zero attached hydrogens (tertiary/aromatic N) is 2. The van der Waals surface area contributed by atoms with Gasteiger partial charge < -0.3 is 10.3 Å². The van der Waals surface area contributed by atoms with Crippen LogP contribution >= 0.6 is 0 Å². The van der Waals surface area contributed by atoms with Crippen molar-refractivity contribution in [3.63, 3.8) is 0 Å². The molecule has 0 spiro atoms. The quantitative estimate of drug-likeness (QED) is 0.745. The third-order valence-electron chi connectivity index (χ3n) is 3.92. The molecule has 2 aromatic heterocycles. The molecular weight excluding hydrogens is 252 g/mol. The number of hydrogen-bond donors (Lipinski definition) is 2. The predicted molar refractivity (Wildman–Crippen MR) is 81.1 cm³/mol. The number of aromatic nitrogens is 3. The van der Waals surface area contributed by atoms with Crippen molar-refractivity contribution in [3.8, 4) is 0 Å². The lowest BCUT2D eigenvalue weighted by molar-refractivity contribution is 0.712. The van der Waals surface area contributed by atoms with E-state index in [1.54, 1.807) is 4.57 Å². The maximum absolute atomic E-state index is 12.7. The lowest BCUT2D eigenvalue weighted by Gasteiger charge is -2.12. The highest BCUT2D eigenvalue weighted by atomic mass is 16.1. The number of benzene rings is 1. The molecule has 3 N–H and O–H groups in total. The predicted octanol–water partition coefficient (Wildman–Crippen LogP) is 1.76. The molecule has 1 aromatic carbocycles. The maximum Gasteiger partial charge on any atom is 0.262 e. The van der Waals surface area contributed by atoms with Crippen LogP contribution in [0.4, 0.5) is 0 Å². The molecule has 0 saturated heterocycles. The lowest BCUT2D eigenvalue weighted by atomic mass is 10.0. The Hall–Kier alpha value is -2.14. The number of aryl methyl sites for hydroxylation is 3. The van der Waals surface area contributed by atoms with E-state index in [0.29, 0.717) is 18.5 Å². The smallest absolute Gasteiger partial charge is 0.262 e. The van der Waals surface area contributed by atoms with E-state index < -0.39 is 0 Å². The van der Waals surface area contributed by atoms with Gasteiger partial charge in [0.2, 0.25) is 0 Å². The zero-order valence-corrected chi connectivity index (χ0v) is 11.9. The van der Waals surface area contributed by atoms with Gasteiger partial charge in [0.15, 0.2) is 0 Å². The van der Waals surface area contributed by atoms with E-state index in [2.05, 4.69) is 23.2 Å². The van der Waals surface area contributed by atoms with Crippen LogP contribution < -0.4 is 11.3 Å². The van der Waals surface area contributed by atoms with E-state index in [0.717, 1.165) is 27.7 Å². The summed E-state index contributed by atoms with van der Waals surface area (Å²) >= 11 is 0. The van der Waals surface area contributed by atoms with Crippen LogP contribution in [0.15, 0.2) is 16.9 Å². The van der Waals surface area contributed by atoms with Crippen LogP contribution in [-0.4, -0.2) is 21.3 Å². The molecule has 3 rings (SSSR count). The molecular formula is C15H18N4O. The van der Waals surface area contributed by atoms with Crippen molar-refractivity contribution in [3.05, 3.63) is 39.3 Å². The first-order chi connectivity index (χ1) is 9.54. The summed E-state index contributed by atoms with van der Waals surface area (Å²) in [4.78, 5) is 12.7. The lowest BCUT2D eigenvalue weighted by Crippen LogP contribution is -2.25. The van der Waals surface area contributed by atoms with Gasteiger partial charge in [0.1, 0.15) is 5.52 Å². The molecule has 0 saturated carbocycles. The molecule has 0 atom stereocenters. The number of hydrogen-bond acceptors (Lipinski definition) is 3. The van der Waals surface area contributed by atoms with Crippen LogP contribution in [0.2, 0.25) is 0 Å². The Labute approximate surface area is 116 Å². The summed E-state index contributed by atoms with van der Waals surface area (Å²) in [5.41, 5.74) is 10.5. The Morgan fingerprint density at radius 3 is 2.65 bits per heavy atom. The molecule has 5 heteroatoms. The van der Waals surface area contributed by atoms with Crippen LogP contribution in [0, 0.1) is 20.8 Å². The SMILES string of the molecule is Cc1cc2c3n[nH]c(C)c3c(=O)n(CCN)c2cc1C. The normalized spacial score (nSPS) is 11.6. The van der Waals surface area contributed by atoms with Gasteiger partial charge in [0.05, 0.1) is 10.9 Å². The minimum atomic E-state index is -0.0209. The molecule has 0 aliphatic rings. The van der Waals surface area contributed by atoms with Crippen molar-refractivity contribution >= 4 is 21.8 Å². The summed E-state index contributed by atoms with van der Waals surface area (Å²) in [5.74, 6) is 0. The highest BCUT2D eigenvalue weighted by Gasteiger charge is 2.15. The monoisotopic (exact) mass is 270 g/mol. The van der Waals surface area contributed by atoms with E-state index in [4.69, 9.17) is 5.73 Å².